The second kappa shape index (κ2) is 8.27. The molecule has 0 spiro atoms. The summed E-state index contributed by atoms with van der Waals surface area (Å²) in [5.41, 5.74) is 0.317. The first-order valence-corrected chi connectivity index (χ1v) is 8.01. The summed E-state index contributed by atoms with van der Waals surface area (Å²) in [7, 11) is 0. The van der Waals surface area contributed by atoms with Crippen molar-refractivity contribution in [2.24, 2.45) is 0 Å². The van der Waals surface area contributed by atoms with E-state index in [-0.39, 0.29) is 24.6 Å². The molecular formula is C17H14Cl2F2N2O2. The van der Waals surface area contributed by atoms with Gasteiger partial charge >= 0.3 is 0 Å². The third kappa shape index (κ3) is 5.41. The normalized spacial score (nSPS) is 10.4. The van der Waals surface area contributed by atoms with Crippen molar-refractivity contribution in [3.05, 3.63) is 58.1 Å². The molecule has 132 valence electrons. The number of hydrogen-bond acceptors (Lipinski definition) is 2. The van der Waals surface area contributed by atoms with Crippen LogP contribution in [0.25, 0.3) is 0 Å². The molecular weight excluding hydrogens is 373 g/mol. The smallest absolute Gasteiger partial charge is 0.226 e. The molecule has 0 fully saturated rings. The van der Waals surface area contributed by atoms with Crippen LogP contribution in [0.2, 0.25) is 10.0 Å². The fourth-order valence-electron chi connectivity index (χ4n) is 2.18. The van der Waals surface area contributed by atoms with Gasteiger partial charge in [-0.1, -0.05) is 23.2 Å². The Morgan fingerprint density at radius 2 is 1.72 bits per heavy atom. The molecule has 2 aromatic rings. The van der Waals surface area contributed by atoms with Crippen molar-refractivity contribution in [2.45, 2.75) is 13.3 Å². The molecule has 2 amide bonds. The maximum atomic E-state index is 13.5. The fraction of sp³-hybridized carbons (Fsp3) is 0.176. The van der Waals surface area contributed by atoms with E-state index in [4.69, 9.17) is 23.2 Å². The Balaban J connectivity index is 2.05. The SMILES string of the molecule is CC(=O)N(CCC(=O)Nc1ccc(F)cc1F)c1cc(Cl)cc(Cl)c1. The van der Waals surface area contributed by atoms with Gasteiger partial charge in [0, 0.05) is 41.7 Å². The van der Waals surface area contributed by atoms with Gasteiger partial charge in [-0.15, -0.1) is 0 Å². The zero-order valence-electron chi connectivity index (χ0n) is 13.2. The van der Waals surface area contributed by atoms with Crippen molar-refractivity contribution in [3.8, 4) is 0 Å². The highest BCUT2D eigenvalue weighted by atomic mass is 35.5. The monoisotopic (exact) mass is 386 g/mol. The Bertz CT molecular complexity index is 795. The van der Waals surface area contributed by atoms with E-state index in [0.717, 1.165) is 12.1 Å². The number of amides is 2. The zero-order chi connectivity index (χ0) is 18.6. The number of nitrogens with zero attached hydrogens (tertiary/aromatic N) is 1. The average molecular weight is 387 g/mol. The maximum absolute atomic E-state index is 13.5. The summed E-state index contributed by atoms with van der Waals surface area (Å²) in [4.78, 5) is 25.1. The Hall–Kier alpha value is -2.18. The Labute approximate surface area is 153 Å². The van der Waals surface area contributed by atoms with E-state index in [1.165, 1.54) is 17.9 Å². The van der Waals surface area contributed by atoms with Crippen molar-refractivity contribution in [1.29, 1.82) is 0 Å². The average Bonchev–Trinajstić information content (AvgIpc) is 2.49. The summed E-state index contributed by atoms with van der Waals surface area (Å²) in [6.45, 7) is 1.38. The highest BCUT2D eigenvalue weighted by molar-refractivity contribution is 6.35. The van der Waals surface area contributed by atoms with E-state index >= 15 is 0 Å². The summed E-state index contributed by atoms with van der Waals surface area (Å²) in [5.74, 6) is -2.45. The van der Waals surface area contributed by atoms with Crippen LogP contribution in [0.15, 0.2) is 36.4 Å². The zero-order valence-corrected chi connectivity index (χ0v) is 14.7. The molecule has 2 rings (SSSR count). The van der Waals surface area contributed by atoms with Crippen LogP contribution >= 0.6 is 23.2 Å². The molecule has 0 aliphatic carbocycles. The second-order valence-electron chi connectivity index (χ2n) is 5.22. The first kappa shape index (κ1) is 19.1. The van der Waals surface area contributed by atoms with Crippen LogP contribution in [0.1, 0.15) is 13.3 Å². The molecule has 0 heterocycles. The number of halogens is 4. The molecule has 0 radical (unpaired) electrons. The molecule has 0 bridgehead atoms. The van der Waals surface area contributed by atoms with Gasteiger partial charge in [-0.25, -0.2) is 8.78 Å². The van der Waals surface area contributed by atoms with E-state index in [0.29, 0.717) is 21.8 Å². The van der Waals surface area contributed by atoms with Crippen LogP contribution in [-0.2, 0) is 9.59 Å². The minimum Gasteiger partial charge on any atom is -0.324 e. The molecule has 0 saturated carbocycles. The van der Waals surface area contributed by atoms with Gasteiger partial charge < -0.3 is 10.2 Å². The van der Waals surface area contributed by atoms with Crippen molar-refractivity contribution >= 4 is 46.4 Å². The number of rotatable bonds is 5. The number of carbonyl (C=O) groups excluding carboxylic acids is 2. The standard InChI is InChI=1S/C17H14Cl2F2N2O2/c1-10(24)23(14-7-11(18)6-12(19)8-14)5-4-17(25)22-16-3-2-13(20)9-15(16)21/h2-3,6-9H,4-5H2,1H3,(H,22,25). The van der Waals surface area contributed by atoms with Crippen LogP contribution in [0.3, 0.4) is 0 Å². The Morgan fingerprint density at radius 3 is 2.28 bits per heavy atom. The third-order valence-electron chi connectivity index (χ3n) is 3.31. The Morgan fingerprint density at radius 1 is 1.08 bits per heavy atom. The van der Waals surface area contributed by atoms with Crippen LogP contribution in [0.4, 0.5) is 20.2 Å². The van der Waals surface area contributed by atoms with Gasteiger partial charge in [0.05, 0.1) is 5.69 Å². The summed E-state index contributed by atoms with van der Waals surface area (Å²) in [5, 5.41) is 3.04. The lowest BCUT2D eigenvalue weighted by Gasteiger charge is -2.21. The minimum atomic E-state index is -0.876. The number of nitrogens with one attached hydrogen (secondary N) is 1. The van der Waals surface area contributed by atoms with Gasteiger partial charge in [0.25, 0.3) is 0 Å². The van der Waals surface area contributed by atoms with Crippen molar-refractivity contribution < 1.29 is 18.4 Å². The quantitative estimate of drug-likeness (QED) is 0.812. The molecule has 0 unspecified atom stereocenters. The molecule has 1 N–H and O–H groups in total. The molecule has 0 atom stereocenters. The van der Waals surface area contributed by atoms with Gasteiger partial charge in [-0.05, 0) is 30.3 Å². The fourth-order valence-corrected chi connectivity index (χ4v) is 2.69. The topological polar surface area (TPSA) is 49.4 Å². The largest absolute Gasteiger partial charge is 0.324 e. The van der Waals surface area contributed by atoms with E-state index in [2.05, 4.69) is 5.32 Å². The number of anilines is 2. The van der Waals surface area contributed by atoms with E-state index < -0.39 is 17.5 Å². The lowest BCUT2D eigenvalue weighted by atomic mass is 10.2. The lowest BCUT2D eigenvalue weighted by molar-refractivity contribution is -0.117. The van der Waals surface area contributed by atoms with Gasteiger partial charge in [-0.2, -0.15) is 0 Å². The highest BCUT2D eigenvalue weighted by Gasteiger charge is 2.15. The molecule has 25 heavy (non-hydrogen) atoms. The molecule has 0 saturated heterocycles. The van der Waals surface area contributed by atoms with E-state index in [9.17, 15) is 18.4 Å². The van der Waals surface area contributed by atoms with Crippen LogP contribution in [-0.4, -0.2) is 18.4 Å². The number of benzene rings is 2. The van der Waals surface area contributed by atoms with E-state index in [1.54, 1.807) is 12.1 Å². The lowest BCUT2D eigenvalue weighted by Crippen LogP contribution is -2.32. The van der Waals surface area contributed by atoms with Crippen LogP contribution < -0.4 is 10.2 Å². The molecule has 8 heteroatoms. The molecule has 2 aromatic carbocycles. The van der Waals surface area contributed by atoms with Gasteiger partial charge in [-0.3, -0.25) is 9.59 Å². The molecule has 4 nitrogen and oxygen atoms in total. The third-order valence-corrected chi connectivity index (χ3v) is 3.74. The highest BCUT2D eigenvalue weighted by Crippen LogP contribution is 2.26. The van der Waals surface area contributed by atoms with Gasteiger partial charge in [0.1, 0.15) is 11.6 Å². The molecule has 0 aromatic heterocycles. The number of carbonyl (C=O) groups is 2. The van der Waals surface area contributed by atoms with Crippen LogP contribution in [0.5, 0.6) is 0 Å². The minimum absolute atomic E-state index is 0.0423. The van der Waals surface area contributed by atoms with Crippen molar-refractivity contribution in [2.75, 3.05) is 16.8 Å². The summed E-state index contributed by atoms with van der Waals surface area (Å²) < 4.78 is 26.4. The first-order valence-electron chi connectivity index (χ1n) is 7.25. The van der Waals surface area contributed by atoms with Crippen molar-refractivity contribution in [1.82, 2.24) is 0 Å². The van der Waals surface area contributed by atoms with Crippen molar-refractivity contribution in [3.63, 3.8) is 0 Å². The summed E-state index contributed by atoms with van der Waals surface area (Å²) >= 11 is 11.9. The van der Waals surface area contributed by atoms with Crippen LogP contribution in [0, 0.1) is 11.6 Å². The van der Waals surface area contributed by atoms with Gasteiger partial charge in [0.15, 0.2) is 0 Å². The number of hydrogen-bond donors (Lipinski definition) is 1. The Kier molecular flexibility index (Phi) is 6.33. The summed E-state index contributed by atoms with van der Waals surface area (Å²) in [6.07, 6.45) is -0.0967. The predicted octanol–water partition coefficient (Wildman–Crippen LogP) is 4.65. The predicted molar refractivity (Wildman–Crippen MR) is 94.1 cm³/mol. The summed E-state index contributed by atoms with van der Waals surface area (Å²) in [6, 6.07) is 7.45. The molecule has 0 aliphatic rings. The van der Waals surface area contributed by atoms with Gasteiger partial charge in [0.2, 0.25) is 11.8 Å². The maximum Gasteiger partial charge on any atom is 0.226 e. The molecule has 0 aliphatic heterocycles. The van der Waals surface area contributed by atoms with E-state index in [1.807, 2.05) is 0 Å². The first-order chi connectivity index (χ1) is 11.8. The second-order valence-corrected chi connectivity index (χ2v) is 6.09.